The first-order chi connectivity index (χ1) is 5.11. The molecule has 0 spiro atoms. The summed E-state index contributed by atoms with van der Waals surface area (Å²) in [6.07, 6.45) is 0. The molecule has 11 heavy (non-hydrogen) atoms. The Balaban J connectivity index is 3.15. The monoisotopic (exact) mass is 173 g/mol. The Hall–Kier alpha value is -1.07. The van der Waals surface area contributed by atoms with Crippen molar-refractivity contribution in [3.63, 3.8) is 0 Å². The van der Waals surface area contributed by atoms with E-state index < -0.39 is 16.8 Å². The Morgan fingerprint density at radius 3 is 2.36 bits per heavy atom. The van der Waals surface area contributed by atoms with Crippen LogP contribution in [0.1, 0.15) is 0 Å². The highest BCUT2D eigenvalue weighted by Crippen LogP contribution is 2.25. The fourth-order valence-electron chi connectivity index (χ4n) is 0.607. The molecule has 1 unspecified atom stereocenters. The van der Waals surface area contributed by atoms with E-state index in [0.29, 0.717) is 0 Å². The summed E-state index contributed by atoms with van der Waals surface area (Å²) in [6, 6.07) is 3.27. The molecule has 0 saturated carbocycles. The normalized spacial score (nSPS) is 12.8. The fraction of sp³-hybridized carbons (Fsp3) is 0. The van der Waals surface area contributed by atoms with Gasteiger partial charge in [-0.25, -0.2) is 0 Å². The van der Waals surface area contributed by atoms with Gasteiger partial charge in [-0.15, -0.1) is 0 Å². The van der Waals surface area contributed by atoms with Crippen molar-refractivity contribution < 1.29 is 19.0 Å². The first-order valence-electron chi connectivity index (χ1n) is 2.72. The number of phenols is 2. The van der Waals surface area contributed by atoms with E-state index in [1.165, 1.54) is 6.07 Å². The Bertz CT molecular complexity index is 297. The molecule has 0 aliphatic rings. The lowest BCUT2D eigenvalue weighted by Crippen LogP contribution is -1.87. The van der Waals surface area contributed by atoms with E-state index in [1.54, 1.807) is 0 Å². The summed E-state index contributed by atoms with van der Waals surface area (Å²) < 4.78 is 20.5. The molecule has 1 atom stereocenters. The summed E-state index contributed by atoms with van der Waals surface area (Å²) in [7, 11) is 0. The van der Waals surface area contributed by atoms with Crippen molar-refractivity contribution in [1.82, 2.24) is 0 Å². The summed E-state index contributed by atoms with van der Waals surface area (Å²) in [5, 5.41) is 17.6. The lowest BCUT2D eigenvalue weighted by atomic mass is 10.3. The molecule has 1 aromatic rings. The van der Waals surface area contributed by atoms with Gasteiger partial charge >= 0.3 is 0 Å². The third-order valence-electron chi connectivity index (χ3n) is 1.14. The van der Waals surface area contributed by atoms with Crippen molar-refractivity contribution in [2.45, 2.75) is 4.90 Å². The highest BCUT2D eigenvalue weighted by atomic mass is 32.2. The highest BCUT2D eigenvalue weighted by molar-refractivity contribution is 7.79. The molecule has 0 aliphatic carbocycles. The number of hydrogen-bond acceptors (Lipinski definition) is 4. The number of rotatable bonds is 1. The van der Waals surface area contributed by atoms with Crippen molar-refractivity contribution in [3.8, 4) is 11.5 Å². The Morgan fingerprint density at radius 2 is 1.91 bits per heavy atom. The van der Waals surface area contributed by atoms with Gasteiger partial charge in [-0.1, -0.05) is 0 Å². The molecule has 0 aliphatic heterocycles. The van der Waals surface area contributed by atoms with E-state index in [9.17, 15) is 8.76 Å². The van der Waals surface area contributed by atoms with Crippen molar-refractivity contribution in [2.75, 3.05) is 0 Å². The fourth-order valence-corrected chi connectivity index (χ4v) is 0.994. The molecule has 0 heterocycles. The van der Waals surface area contributed by atoms with Gasteiger partial charge in [0.15, 0.2) is 11.5 Å². The largest absolute Gasteiger partial charge is 0.768 e. The first-order valence-corrected chi connectivity index (χ1v) is 3.80. The Labute approximate surface area is 65.4 Å². The summed E-state index contributed by atoms with van der Waals surface area (Å²) in [5.41, 5.74) is 0. The van der Waals surface area contributed by atoms with Gasteiger partial charge in [0.25, 0.3) is 0 Å². The topological polar surface area (TPSA) is 80.6 Å². The minimum Gasteiger partial charge on any atom is -0.768 e. The third kappa shape index (κ3) is 1.69. The maximum Gasteiger partial charge on any atom is 0.158 e. The third-order valence-corrected chi connectivity index (χ3v) is 1.78. The lowest BCUT2D eigenvalue weighted by molar-refractivity contribution is 0.402. The molecule has 0 saturated heterocycles. The second kappa shape index (κ2) is 2.89. The molecule has 2 N–H and O–H groups in total. The molecular formula is C6H5O4S-. The minimum absolute atomic E-state index is 0.0553. The number of phenolic OH excluding ortho intramolecular Hbond substituents is 2. The minimum atomic E-state index is -2.37. The van der Waals surface area contributed by atoms with Crippen LogP contribution in [-0.2, 0) is 11.1 Å². The van der Waals surface area contributed by atoms with Gasteiger partial charge in [0.2, 0.25) is 0 Å². The molecule has 0 amide bonds. The van der Waals surface area contributed by atoms with Crippen LogP contribution < -0.4 is 0 Å². The molecule has 0 bridgehead atoms. The van der Waals surface area contributed by atoms with E-state index in [1.807, 2.05) is 0 Å². The van der Waals surface area contributed by atoms with E-state index in [2.05, 4.69) is 0 Å². The predicted octanol–water partition coefficient (Wildman–Crippen LogP) is 0.336. The van der Waals surface area contributed by atoms with Gasteiger partial charge in [-0.05, 0) is 29.3 Å². The van der Waals surface area contributed by atoms with E-state index in [4.69, 9.17) is 10.2 Å². The number of aromatic hydroxyl groups is 2. The zero-order chi connectivity index (χ0) is 8.43. The van der Waals surface area contributed by atoms with Crippen molar-refractivity contribution in [1.29, 1.82) is 0 Å². The van der Waals surface area contributed by atoms with Crippen LogP contribution in [0, 0.1) is 0 Å². The van der Waals surface area contributed by atoms with Gasteiger partial charge in [0.05, 0.1) is 0 Å². The SMILES string of the molecule is O=S([O-])c1ccc(O)c(O)c1. The van der Waals surface area contributed by atoms with Crippen molar-refractivity contribution in [2.24, 2.45) is 0 Å². The van der Waals surface area contributed by atoms with Crippen LogP contribution in [0.3, 0.4) is 0 Å². The summed E-state index contributed by atoms with van der Waals surface area (Å²) in [6.45, 7) is 0. The van der Waals surface area contributed by atoms with Crippen LogP contribution in [0.5, 0.6) is 11.5 Å². The molecule has 4 nitrogen and oxygen atoms in total. The van der Waals surface area contributed by atoms with Crippen LogP contribution in [-0.4, -0.2) is 19.0 Å². The zero-order valence-corrected chi connectivity index (χ0v) is 6.17. The molecule has 1 rings (SSSR count). The molecule has 0 radical (unpaired) electrons. The van der Waals surface area contributed by atoms with Crippen molar-refractivity contribution >= 4 is 11.1 Å². The van der Waals surface area contributed by atoms with Gasteiger partial charge in [-0.2, -0.15) is 0 Å². The standard InChI is InChI=1S/C6H6O4S/c7-5-2-1-4(11(9)10)3-6(5)8/h1-3,7-8H,(H,9,10)/p-1. The quantitative estimate of drug-likeness (QED) is 0.474. The van der Waals surface area contributed by atoms with Gasteiger partial charge in [-0.3, -0.25) is 4.21 Å². The smallest absolute Gasteiger partial charge is 0.158 e. The van der Waals surface area contributed by atoms with E-state index >= 15 is 0 Å². The lowest BCUT2D eigenvalue weighted by Gasteiger charge is -2.05. The van der Waals surface area contributed by atoms with Crippen LogP contribution in [0.4, 0.5) is 0 Å². The summed E-state index contributed by atoms with van der Waals surface area (Å²) in [4.78, 5) is -0.0553. The van der Waals surface area contributed by atoms with E-state index in [-0.39, 0.29) is 10.6 Å². The highest BCUT2D eigenvalue weighted by Gasteiger charge is 1.99. The van der Waals surface area contributed by atoms with Gasteiger partial charge < -0.3 is 14.8 Å². The maximum atomic E-state index is 10.3. The second-order valence-electron chi connectivity index (χ2n) is 1.89. The molecule has 5 heteroatoms. The zero-order valence-electron chi connectivity index (χ0n) is 5.35. The molecule has 60 valence electrons. The average molecular weight is 173 g/mol. The average Bonchev–Trinajstić information content (AvgIpc) is 1.94. The van der Waals surface area contributed by atoms with Crippen LogP contribution in [0.15, 0.2) is 23.1 Å². The summed E-state index contributed by atoms with van der Waals surface area (Å²) >= 11 is -2.37. The molecular weight excluding hydrogens is 168 g/mol. The number of hydrogen-bond donors (Lipinski definition) is 2. The Kier molecular flexibility index (Phi) is 2.11. The van der Waals surface area contributed by atoms with Crippen LogP contribution in [0.2, 0.25) is 0 Å². The first kappa shape index (κ1) is 8.03. The second-order valence-corrected chi connectivity index (χ2v) is 2.83. The van der Waals surface area contributed by atoms with Gasteiger partial charge in [0, 0.05) is 4.90 Å². The van der Waals surface area contributed by atoms with Crippen LogP contribution >= 0.6 is 0 Å². The summed E-state index contributed by atoms with van der Waals surface area (Å²) in [5.74, 6) is -0.772. The van der Waals surface area contributed by atoms with Crippen LogP contribution in [0.25, 0.3) is 0 Å². The number of benzene rings is 1. The Morgan fingerprint density at radius 1 is 1.27 bits per heavy atom. The maximum absolute atomic E-state index is 10.3. The molecule has 1 aromatic carbocycles. The molecule has 0 aromatic heterocycles. The molecule has 0 fully saturated rings. The van der Waals surface area contributed by atoms with E-state index in [0.717, 1.165) is 12.1 Å². The van der Waals surface area contributed by atoms with Crippen molar-refractivity contribution in [3.05, 3.63) is 18.2 Å². The predicted molar refractivity (Wildman–Crippen MR) is 37.0 cm³/mol. The van der Waals surface area contributed by atoms with Gasteiger partial charge in [0.1, 0.15) is 0 Å².